The summed E-state index contributed by atoms with van der Waals surface area (Å²) in [5.41, 5.74) is 3.11. The SMILES string of the molecule is Cc1cc(C#N)cc(C)c1OCC1(CBr)CCCCC1. The van der Waals surface area contributed by atoms with Gasteiger partial charge in [0.15, 0.2) is 0 Å². The maximum atomic E-state index is 8.99. The first-order chi connectivity index (χ1) is 9.60. The summed E-state index contributed by atoms with van der Waals surface area (Å²) in [5.74, 6) is 0.954. The monoisotopic (exact) mass is 335 g/mol. The van der Waals surface area contributed by atoms with E-state index < -0.39 is 0 Å². The van der Waals surface area contributed by atoms with Gasteiger partial charge in [0.25, 0.3) is 0 Å². The predicted molar refractivity (Wildman–Crippen MR) is 85.4 cm³/mol. The van der Waals surface area contributed by atoms with Gasteiger partial charge >= 0.3 is 0 Å². The third kappa shape index (κ3) is 3.35. The molecular weight excluding hydrogens is 314 g/mol. The van der Waals surface area contributed by atoms with Crippen LogP contribution in [0.2, 0.25) is 0 Å². The van der Waals surface area contributed by atoms with Crippen LogP contribution in [0.15, 0.2) is 12.1 Å². The molecule has 0 unspecified atom stereocenters. The van der Waals surface area contributed by atoms with Gasteiger partial charge in [0, 0.05) is 10.7 Å². The molecule has 0 amide bonds. The fraction of sp³-hybridized carbons (Fsp3) is 0.588. The van der Waals surface area contributed by atoms with Gasteiger partial charge in [0.2, 0.25) is 0 Å². The summed E-state index contributed by atoms with van der Waals surface area (Å²) < 4.78 is 6.16. The smallest absolute Gasteiger partial charge is 0.125 e. The topological polar surface area (TPSA) is 33.0 Å². The highest BCUT2D eigenvalue weighted by Crippen LogP contribution is 2.39. The van der Waals surface area contributed by atoms with Gasteiger partial charge in [-0.05, 0) is 49.9 Å². The summed E-state index contributed by atoms with van der Waals surface area (Å²) in [6.07, 6.45) is 6.45. The molecule has 20 heavy (non-hydrogen) atoms. The molecule has 0 saturated heterocycles. The Kier molecular flexibility index (Phi) is 5.10. The Labute approximate surface area is 130 Å². The van der Waals surface area contributed by atoms with Crippen molar-refractivity contribution in [1.82, 2.24) is 0 Å². The lowest BCUT2D eigenvalue weighted by Crippen LogP contribution is -2.33. The second kappa shape index (κ2) is 6.63. The summed E-state index contributed by atoms with van der Waals surface area (Å²) in [5, 5.41) is 10.0. The number of nitriles is 1. The molecule has 0 spiro atoms. The number of nitrogens with zero attached hydrogens (tertiary/aromatic N) is 1. The van der Waals surface area contributed by atoms with Crippen LogP contribution in [0.1, 0.15) is 48.8 Å². The van der Waals surface area contributed by atoms with Gasteiger partial charge in [0.05, 0.1) is 18.2 Å². The van der Waals surface area contributed by atoms with E-state index in [9.17, 15) is 0 Å². The van der Waals surface area contributed by atoms with Gasteiger partial charge in [-0.1, -0.05) is 35.2 Å². The first-order valence-corrected chi connectivity index (χ1v) is 8.42. The molecule has 0 heterocycles. The lowest BCUT2D eigenvalue weighted by Gasteiger charge is -2.35. The Morgan fingerprint density at radius 2 is 1.80 bits per heavy atom. The Balaban J connectivity index is 2.12. The molecule has 1 aromatic rings. The number of ether oxygens (including phenoxy) is 1. The number of aryl methyl sites for hydroxylation is 2. The molecular formula is C17H22BrNO. The van der Waals surface area contributed by atoms with Crippen LogP contribution in [0, 0.1) is 30.6 Å². The van der Waals surface area contributed by atoms with E-state index in [4.69, 9.17) is 10.00 Å². The van der Waals surface area contributed by atoms with Gasteiger partial charge in [0.1, 0.15) is 5.75 Å². The number of rotatable bonds is 4. The zero-order valence-electron chi connectivity index (χ0n) is 12.3. The molecule has 0 aromatic heterocycles. The van der Waals surface area contributed by atoms with E-state index in [0.29, 0.717) is 5.56 Å². The molecule has 1 aromatic carbocycles. The molecule has 0 bridgehead atoms. The Morgan fingerprint density at radius 1 is 1.20 bits per heavy atom. The van der Waals surface area contributed by atoms with Crippen LogP contribution in [0.3, 0.4) is 0 Å². The third-order valence-corrected chi connectivity index (χ3v) is 5.50. The molecule has 1 aliphatic carbocycles. The largest absolute Gasteiger partial charge is 0.492 e. The number of halogens is 1. The van der Waals surface area contributed by atoms with Crippen LogP contribution in [-0.2, 0) is 0 Å². The van der Waals surface area contributed by atoms with Gasteiger partial charge in [-0.2, -0.15) is 5.26 Å². The van der Waals surface area contributed by atoms with Crippen molar-refractivity contribution in [2.24, 2.45) is 5.41 Å². The zero-order chi connectivity index (χ0) is 14.6. The Morgan fingerprint density at radius 3 is 2.30 bits per heavy atom. The molecule has 0 atom stereocenters. The van der Waals surface area contributed by atoms with Crippen molar-refractivity contribution < 1.29 is 4.74 Å². The van der Waals surface area contributed by atoms with E-state index in [1.165, 1.54) is 32.1 Å². The summed E-state index contributed by atoms with van der Waals surface area (Å²) in [4.78, 5) is 0. The van der Waals surface area contributed by atoms with Crippen LogP contribution >= 0.6 is 15.9 Å². The van der Waals surface area contributed by atoms with Crippen molar-refractivity contribution in [3.8, 4) is 11.8 Å². The lowest BCUT2D eigenvalue weighted by molar-refractivity contribution is 0.121. The third-order valence-electron chi connectivity index (χ3n) is 4.31. The summed E-state index contributed by atoms with van der Waals surface area (Å²) in [6.45, 7) is 4.81. The second-order valence-electron chi connectivity index (χ2n) is 6.03. The van der Waals surface area contributed by atoms with Gasteiger partial charge in [-0.3, -0.25) is 0 Å². The normalized spacial score (nSPS) is 17.5. The molecule has 1 saturated carbocycles. The lowest BCUT2D eigenvalue weighted by atomic mass is 9.76. The fourth-order valence-corrected chi connectivity index (χ4v) is 3.81. The summed E-state index contributed by atoms with van der Waals surface area (Å²) in [7, 11) is 0. The highest BCUT2D eigenvalue weighted by atomic mass is 79.9. The van der Waals surface area contributed by atoms with Crippen molar-refractivity contribution in [1.29, 1.82) is 5.26 Å². The van der Waals surface area contributed by atoms with Gasteiger partial charge < -0.3 is 4.74 Å². The van der Waals surface area contributed by atoms with Gasteiger partial charge in [-0.15, -0.1) is 0 Å². The van der Waals surface area contributed by atoms with Crippen molar-refractivity contribution in [3.05, 3.63) is 28.8 Å². The quantitative estimate of drug-likeness (QED) is 0.733. The standard InChI is InChI=1S/C17H22BrNO/c1-13-8-15(10-19)9-14(2)16(13)20-12-17(11-18)6-4-3-5-7-17/h8-9H,3-7,11-12H2,1-2H3. The van der Waals surface area contributed by atoms with Crippen molar-refractivity contribution >= 4 is 15.9 Å². The molecule has 1 fully saturated rings. The molecule has 108 valence electrons. The Bertz CT molecular complexity index is 489. The first kappa shape index (κ1) is 15.4. The highest BCUT2D eigenvalue weighted by molar-refractivity contribution is 9.09. The molecule has 1 aliphatic rings. The van der Waals surface area contributed by atoms with Crippen LogP contribution < -0.4 is 4.74 Å². The predicted octanol–water partition coefficient (Wildman–Crippen LogP) is 4.90. The minimum Gasteiger partial charge on any atom is -0.492 e. The van der Waals surface area contributed by atoms with Crippen LogP contribution in [0.5, 0.6) is 5.75 Å². The molecule has 2 rings (SSSR count). The number of hydrogen-bond acceptors (Lipinski definition) is 2. The molecule has 2 nitrogen and oxygen atoms in total. The molecule has 0 aliphatic heterocycles. The molecule has 0 radical (unpaired) electrons. The maximum absolute atomic E-state index is 8.99. The minimum atomic E-state index is 0.283. The van der Waals surface area contributed by atoms with Crippen molar-refractivity contribution in [2.45, 2.75) is 46.0 Å². The molecule has 0 N–H and O–H groups in total. The van der Waals surface area contributed by atoms with E-state index in [1.807, 2.05) is 26.0 Å². The van der Waals surface area contributed by atoms with E-state index in [1.54, 1.807) is 0 Å². The van der Waals surface area contributed by atoms with Crippen LogP contribution in [-0.4, -0.2) is 11.9 Å². The second-order valence-corrected chi connectivity index (χ2v) is 6.59. The van der Waals surface area contributed by atoms with E-state index >= 15 is 0 Å². The maximum Gasteiger partial charge on any atom is 0.125 e. The Hall–Kier alpha value is -1.01. The summed E-state index contributed by atoms with van der Waals surface area (Å²) >= 11 is 3.68. The van der Waals surface area contributed by atoms with E-state index in [2.05, 4.69) is 22.0 Å². The average molecular weight is 336 g/mol. The average Bonchev–Trinajstić information content (AvgIpc) is 2.47. The van der Waals surface area contributed by atoms with Crippen molar-refractivity contribution in [2.75, 3.05) is 11.9 Å². The van der Waals surface area contributed by atoms with Crippen LogP contribution in [0.25, 0.3) is 0 Å². The van der Waals surface area contributed by atoms with E-state index in [-0.39, 0.29) is 5.41 Å². The highest BCUT2D eigenvalue weighted by Gasteiger charge is 2.32. The fourth-order valence-electron chi connectivity index (χ4n) is 3.09. The number of benzene rings is 1. The molecule has 3 heteroatoms. The summed E-state index contributed by atoms with van der Waals surface area (Å²) in [6, 6.07) is 6.01. The van der Waals surface area contributed by atoms with E-state index in [0.717, 1.165) is 28.8 Å². The number of hydrogen-bond donors (Lipinski definition) is 0. The first-order valence-electron chi connectivity index (χ1n) is 7.30. The van der Waals surface area contributed by atoms with Crippen LogP contribution in [0.4, 0.5) is 0 Å². The number of alkyl halides is 1. The van der Waals surface area contributed by atoms with Gasteiger partial charge in [-0.25, -0.2) is 0 Å². The zero-order valence-corrected chi connectivity index (χ0v) is 13.9. The van der Waals surface area contributed by atoms with Crippen molar-refractivity contribution in [3.63, 3.8) is 0 Å². The minimum absolute atomic E-state index is 0.283.